The van der Waals surface area contributed by atoms with Crippen molar-refractivity contribution < 1.29 is 14.3 Å². The van der Waals surface area contributed by atoms with E-state index in [2.05, 4.69) is 10.6 Å². The Bertz CT molecular complexity index is 939. The van der Waals surface area contributed by atoms with E-state index in [1.54, 1.807) is 24.3 Å². The van der Waals surface area contributed by atoms with Gasteiger partial charge in [-0.1, -0.05) is 42.5 Å². The molecule has 0 saturated carbocycles. The molecule has 0 fully saturated rings. The molecule has 1 amide bonds. The van der Waals surface area contributed by atoms with Gasteiger partial charge < -0.3 is 15.4 Å². The summed E-state index contributed by atoms with van der Waals surface area (Å²) in [5.74, 6) is 0.992. The zero-order valence-electron chi connectivity index (χ0n) is 14.9. The summed E-state index contributed by atoms with van der Waals surface area (Å²) in [6.45, 7) is 1.52. The van der Waals surface area contributed by atoms with Crippen LogP contribution in [0.1, 0.15) is 17.3 Å². The van der Waals surface area contributed by atoms with E-state index >= 15 is 0 Å². The van der Waals surface area contributed by atoms with Gasteiger partial charge in [-0.3, -0.25) is 9.59 Å². The molecule has 0 heterocycles. The van der Waals surface area contributed by atoms with E-state index < -0.39 is 0 Å². The predicted molar refractivity (Wildman–Crippen MR) is 107 cm³/mol. The van der Waals surface area contributed by atoms with E-state index in [-0.39, 0.29) is 18.2 Å². The van der Waals surface area contributed by atoms with E-state index in [0.29, 0.717) is 28.4 Å². The van der Waals surface area contributed by atoms with Crippen molar-refractivity contribution >= 4 is 23.1 Å². The summed E-state index contributed by atoms with van der Waals surface area (Å²) in [4.78, 5) is 24.0. The van der Waals surface area contributed by atoms with Gasteiger partial charge in [0.2, 0.25) is 5.91 Å². The highest BCUT2D eigenvalue weighted by Gasteiger charge is 2.11. The maximum atomic E-state index is 12.3. The Morgan fingerprint density at radius 1 is 0.815 bits per heavy atom. The third-order valence-corrected chi connectivity index (χ3v) is 3.88. The first-order valence-electron chi connectivity index (χ1n) is 8.59. The van der Waals surface area contributed by atoms with Crippen molar-refractivity contribution in [3.8, 4) is 11.5 Å². The van der Waals surface area contributed by atoms with Gasteiger partial charge in [-0.25, -0.2) is 0 Å². The Hall–Kier alpha value is -3.60. The van der Waals surface area contributed by atoms with Crippen LogP contribution in [0, 0.1) is 0 Å². The van der Waals surface area contributed by atoms with Crippen LogP contribution >= 0.6 is 0 Å². The van der Waals surface area contributed by atoms with E-state index in [0.717, 1.165) is 0 Å². The molecule has 0 aliphatic carbocycles. The van der Waals surface area contributed by atoms with Crippen molar-refractivity contribution in [2.24, 2.45) is 0 Å². The van der Waals surface area contributed by atoms with Gasteiger partial charge in [-0.15, -0.1) is 0 Å². The second-order valence-corrected chi connectivity index (χ2v) is 5.91. The van der Waals surface area contributed by atoms with Gasteiger partial charge >= 0.3 is 0 Å². The number of anilines is 2. The lowest BCUT2D eigenvalue weighted by molar-refractivity contribution is -0.114. The maximum Gasteiger partial charge on any atom is 0.243 e. The van der Waals surface area contributed by atoms with Gasteiger partial charge in [0.15, 0.2) is 11.5 Å². The van der Waals surface area contributed by atoms with Crippen LogP contribution in [0.25, 0.3) is 0 Å². The Morgan fingerprint density at radius 2 is 1.44 bits per heavy atom. The van der Waals surface area contributed by atoms with Gasteiger partial charge in [0.25, 0.3) is 0 Å². The summed E-state index contributed by atoms with van der Waals surface area (Å²) >= 11 is 0. The largest absolute Gasteiger partial charge is 0.455 e. The molecule has 0 aliphatic rings. The molecule has 2 N–H and O–H groups in total. The van der Waals surface area contributed by atoms with Gasteiger partial charge in [0.1, 0.15) is 5.75 Å². The van der Waals surface area contributed by atoms with Crippen LogP contribution in [-0.4, -0.2) is 18.2 Å². The quantitative estimate of drug-likeness (QED) is 0.598. The molecule has 5 heteroatoms. The second-order valence-electron chi connectivity index (χ2n) is 5.91. The van der Waals surface area contributed by atoms with Crippen LogP contribution in [-0.2, 0) is 4.79 Å². The Labute approximate surface area is 158 Å². The topological polar surface area (TPSA) is 67.4 Å². The Morgan fingerprint density at radius 3 is 2.19 bits per heavy atom. The summed E-state index contributed by atoms with van der Waals surface area (Å²) in [5, 5.41) is 5.85. The number of nitrogens with one attached hydrogen (secondary N) is 2. The molecular formula is C22H20N2O3. The molecule has 0 aliphatic heterocycles. The molecule has 0 unspecified atom stereocenters. The van der Waals surface area contributed by atoms with Crippen LogP contribution < -0.4 is 15.4 Å². The lowest BCUT2D eigenvalue weighted by atomic mass is 10.1. The number of para-hydroxylation sites is 4. The van der Waals surface area contributed by atoms with Gasteiger partial charge in [0.05, 0.1) is 17.9 Å². The number of carbonyl (C=O) groups is 2. The van der Waals surface area contributed by atoms with Crippen LogP contribution in [0.5, 0.6) is 11.5 Å². The molecule has 136 valence electrons. The monoisotopic (exact) mass is 360 g/mol. The summed E-state index contributed by atoms with van der Waals surface area (Å²) in [6.07, 6.45) is 0. The molecule has 0 saturated heterocycles. The number of rotatable bonds is 7. The number of hydrogen-bond acceptors (Lipinski definition) is 4. The summed E-state index contributed by atoms with van der Waals surface area (Å²) in [7, 11) is 0. The van der Waals surface area contributed by atoms with E-state index in [1.807, 2.05) is 54.6 Å². The molecule has 0 spiro atoms. The normalized spacial score (nSPS) is 10.1. The lowest BCUT2D eigenvalue weighted by Gasteiger charge is -2.13. The van der Waals surface area contributed by atoms with Crippen molar-refractivity contribution in [3.63, 3.8) is 0 Å². The first-order chi connectivity index (χ1) is 13.1. The number of Topliss-reactive ketones (excluding diaryl/α,β-unsaturated/α-hetero) is 1. The first-order valence-corrected chi connectivity index (χ1v) is 8.59. The SMILES string of the molecule is CC(=O)c1ccccc1NC(=O)CNc1ccccc1Oc1ccccc1. The minimum Gasteiger partial charge on any atom is -0.455 e. The minimum atomic E-state index is -0.252. The van der Waals surface area contributed by atoms with Crippen molar-refractivity contribution in [2.75, 3.05) is 17.2 Å². The number of ketones is 1. The fraction of sp³-hybridized carbons (Fsp3) is 0.0909. The number of carbonyl (C=O) groups excluding carboxylic acids is 2. The van der Waals surface area contributed by atoms with Gasteiger partial charge in [-0.2, -0.15) is 0 Å². The van der Waals surface area contributed by atoms with Crippen molar-refractivity contribution in [1.82, 2.24) is 0 Å². The van der Waals surface area contributed by atoms with Crippen molar-refractivity contribution in [2.45, 2.75) is 6.92 Å². The number of ether oxygens (including phenoxy) is 1. The van der Waals surface area contributed by atoms with E-state index in [4.69, 9.17) is 4.74 Å². The van der Waals surface area contributed by atoms with Crippen LogP contribution in [0.3, 0.4) is 0 Å². The highest BCUT2D eigenvalue weighted by molar-refractivity contribution is 6.04. The number of benzene rings is 3. The highest BCUT2D eigenvalue weighted by atomic mass is 16.5. The van der Waals surface area contributed by atoms with E-state index in [9.17, 15) is 9.59 Å². The zero-order valence-corrected chi connectivity index (χ0v) is 14.9. The number of amides is 1. The minimum absolute atomic E-state index is 0.0431. The predicted octanol–water partition coefficient (Wildman–Crippen LogP) is 4.73. The van der Waals surface area contributed by atoms with Crippen LogP contribution in [0.15, 0.2) is 78.9 Å². The standard InChI is InChI=1S/C22H20N2O3/c1-16(25)18-11-5-6-12-19(18)24-22(26)15-23-20-13-7-8-14-21(20)27-17-9-3-2-4-10-17/h2-14,23H,15H2,1H3,(H,24,26). The summed E-state index contributed by atoms with van der Waals surface area (Å²) < 4.78 is 5.87. The summed E-state index contributed by atoms with van der Waals surface area (Å²) in [5.41, 5.74) is 1.70. The molecule has 3 rings (SSSR count). The van der Waals surface area contributed by atoms with Crippen LogP contribution in [0.2, 0.25) is 0 Å². The fourth-order valence-electron chi connectivity index (χ4n) is 2.59. The summed E-state index contributed by atoms with van der Waals surface area (Å²) in [6, 6.07) is 23.8. The number of hydrogen-bond donors (Lipinski definition) is 2. The molecule has 0 bridgehead atoms. The third kappa shape index (κ3) is 4.95. The smallest absolute Gasteiger partial charge is 0.243 e. The molecule has 0 atom stereocenters. The van der Waals surface area contributed by atoms with Gasteiger partial charge in [0, 0.05) is 5.56 Å². The lowest BCUT2D eigenvalue weighted by Crippen LogP contribution is -2.22. The molecule has 3 aromatic carbocycles. The molecule has 0 aromatic heterocycles. The molecule has 27 heavy (non-hydrogen) atoms. The first kappa shape index (κ1) is 18.2. The van der Waals surface area contributed by atoms with Crippen molar-refractivity contribution in [3.05, 3.63) is 84.4 Å². The Balaban J connectivity index is 1.65. The average molecular weight is 360 g/mol. The molecule has 5 nitrogen and oxygen atoms in total. The van der Waals surface area contributed by atoms with Crippen LogP contribution in [0.4, 0.5) is 11.4 Å². The van der Waals surface area contributed by atoms with Crippen molar-refractivity contribution in [1.29, 1.82) is 0 Å². The van der Waals surface area contributed by atoms with Gasteiger partial charge in [-0.05, 0) is 43.3 Å². The van der Waals surface area contributed by atoms with E-state index in [1.165, 1.54) is 6.92 Å². The fourth-order valence-corrected chi connectivity index (χ4v) is 2.59. The maximum absolute atomic E-state index is 12.3. The molecule has 0 radical (unpaired) electrons. The third-order valence-electron chi connectivity index (χ3n) is 3.88. The highest BCUT2D eigenvalue weighted by Crippen LogP contribution is 2.28. The molecule has 3 aromatic rings. The molecular weight excluding hydrogens is 340 g/mol. The second kappa shape index (κ2) is 8.67. The average Bonchev–Trinajstić information content (AvgIpc) is 2.68. The zero-order chi connectivity index (χ0) is 19.1. The Kier molecular flexibility index (Phi) is 5.84.